The molecule has 2 aromatic rings. The Morgan fingerprint density at radius 2 is 1.93 bits per heavy atom. The number of aliphatic hydroxyl groups is 1. The summed E-state index contributed by atoms with van der Waals surface area (Å²) in [5.41, 5.74) is -1.73. The molecular weight excluding hydrogens is 414 g/mol. The molecule has 3 aliphatic rings. The molecule has 8 heteroatoms. The Kier molecular flexibility index (Phi) is 4.47. The highest BCUT2D eigenvalue weighted by Crippen LogP contribution is 2.61. The molecule has 3 fully saturated rings. The number of thiophene rings is 2. The average Bonchev–Trinajstić information content (AvgIpc) is 3.42. The van der Waals surface area contributed by atoms with Crippen LogP contribution in [-0.4, -0.2) is 65.1 Å². The van der Waals surface area contributed by atoms with E-state index in [1.54, 1.807) is 12.1 Å². The van der Waals surface area contributed by atoms with Crippen LogP contribution in [0.2, 0.25) is 0 Å². The van der Waals surface area contributed by atoms with Crippen LogP contribution in [0.5, 0.6) is 0 Å². The van der Waals surface area contributed by atoms with E-state index < -0.39 is 11.6 Å². The lowest BCUT2D eigenvalue weighted by Crippen LogP contribution is -2.82. The number of carbonyl (C=O) groups excluding carboxylic acids is 1. The molecule has 2 aliphatic heterocycles. The fourth-order valence-electron chi connectivity index (χ4n) is 5.43. The van der Waals surface area contributed by atoms with Crippen LogP contribution < -0.4 is 0 Å². The van der Waals surface area contributed by atoms with E-state index >= 15 is 0 Å². The van der Waals surface area contributed by atoms with E-state index in [1.165, 1.54) is 22.7 Å². The Hall–Kier alpha value is -0.900. The number of nitrogens with zero attached hydrogens (tertiary/aromatic N) is 1. The normalized spacial score (nSPS) is 33.6. The van der Waals surface area contributed by atoms with Gasteiger partial charge in [0.2, 0.25) is 5.60 Å². The van der Waals surface area contributed by atoms with Gasteiger partial charge < -0.3 is 19.1 Å². The summed E-state index contributed by atoms with van der Waals surface area (Å²) in [4.78, 5) is 14.5. The lowest BCUT2D eigenvalue weighted by Gasteiger charge is -2.64. The van der Waals surface area contributed by atoms with Crippen molar-refractivity contribution in [2.24, 2.45) is 0 Å². The van der Waals surface area contributed by atoms with Crippen molar-refractivity contribution in [3.05, 3.63) is 44.8 Å². The number of esters is 1. The third-order valence-electron chi connectivity index (χ3n) is 6.78. The number of hydrogen-bond acceptors (Lipinski definition) is 7. The Bertz CT molecular complexity index is 832. The van der Waals surface area contributed by atoms with Gasteiger partial charge >= 0.3 is 5.97 Å². The third-order valence-corrected chi connectivity index (χ3v) is 10.3. The van der Waals surface area contributed by atoms with Gasteiger partial charge in [-0.3, -0.25) is 0 Å². The first-order chi connectivity index (χ1) is 13.4. The maximum Gasteiger partial charge on any atom is 0.349 e. The molecule has 1 spiro atoms. The zero-order chi connectivity index (χ0) is 19.6. The second-order valence-corrected chi connectivity index (χ2v) is 11.6. The van der Waals surface area contributed by atoms with Crippen LogP contribution in [0.25, 0.3) is 0 Å². The van der Waals surface area contributed by atoms with Gasteiger partial charge in [-0.25, -0.2) is 4.79 Å². The summed E-state index contributed by atoms with van der Waals surface area (Å²) >= 11 is 4.63. The minimum atomic E-state index is -1.73. The molecule has 4 atom stereocenters. The second kappa shape index (κ2) is 6.55. The predicted octanol–water partition coefficient (Wildman–Crippen LogP) is 3.04. The molecule has 1 N–H and O–H groups in total. The van der Waals surface area contributed by atoms with Crippen molar-refractivity contribution in [3.63, 3.8) is 0 Å². The molecule has 0 aromatic carbocycles. The molecule has 4 heterocycles. The molecule has 5 rings (SSSR count). The van der Waals surface area contributed by atoms with E-state index in [0.717, 1.165) is 23.9 Å². The zero-order valence-electron chi connectivity index (χ0n) is 15.9. The first-order valence-electron chi connectivity index (χ1n) is 9.45. The van der Waals surface area contributed by atoms with Crippen molar-refractivity contribution in [2.45, 2.75) is 41.4 Å². The molecule has 5 nitrogen and oxygen atoms in total. The van der Waals surface area contributed by atoms with Gasteiger partial charge in [0.25, 0.3) is 0 Å². The zero-order valence-corrected chi connectivity index (χ0v) is 18.3. The van der Waals surface area contributed by atoms with E-state index in [2.05, 4.69) is 14.1 Å². The molecule has 0 bridgehead atoms. The van der Waals surface area contributed by atoms with Gasteiger partial charge in [-0.15, -0.1) is 34.4 Å². The van der Waals surface area contributed by atoms with Gasteiger partial charge in [0, 0.05) is 12.8 Å². The molecular formula is C20H24NO4S3+. The number of likely N-dealkylation sites (N-methyl/N-ethyl adjacent to an activating group) is 1. The highest BCUT2D eigenvalue weighted by atomic mass is 32.2. The van der Waals surface area contributed by atoms with E-state index in [4.69, 9.17) is 9.47 Å². The summed E-state index contributed by atoms with van der Waals surface area (Å²) in [6, 6.07) is 8.20. The first kappa shape index (κ1) is 19.1. The van der Waals surface area contributed by atoms with Gasteiger partial charge in [-0.05, 0) is 22.9 Å². The number of rotatable bonds is 4. The van der Waals surface area contributed by atoms with E-state index in [1.807, 2.05) is 34.7 Å². The summed E-state index contributed by atoms with van der Waals surface area (Å²) in [5.74, 6) is 0.154. The molecule has 28 heavy (non-hydrogen) atoms. The number of carbonyl (C=O) groups is 1. The van der Waals surface area contributed by atoms with Gasteiger partial charge in [-0.2, -0.15) is 0 Å². The Balaban J connectivity index is 1.40. The maximum atomic E-state index is 13.3. The van der Waals surface area contributed by atoms with Crippen LogP contribution in [0.4, 0.5) is 0 Å². The van der Waals surface area contributed by atoms with Gasteiger partial charge in [-0.1, -0.05) is 12.1 Å². The van der Waals surface area contributed by atoms with Crippen molar-refractivity contribution in [1.82, 2.24) is 0 Å². The molecule has 0 amide bonds. The molecule has 1 saturated carbocycles. The number of likely N-dealkylation sites (tertiary alicyclic amines) is 1. The van der Waals surface area contributed by atoms with Gasteiger partial charge in [0.05, 0.1) is 29.8 Å². The SMILES string of the molecule is C[N+]1(C)C2COCSC23CC(OC(=O)C(O)(c2cccs2)c2cccs2)CC31. The van der Waals surface area contributed by atoms with Gasteiger partial charge in [0.15, 0.2) is 0 Å². The molecule has 2 aromatic heterocycles. The summed E-state index contributed by atoms with van der Waals surface area (Å²) < 4.78 is 12.8. The molecule has 2 saturated heterocycles. The van der Waals surface area contributed by atoms with Crippen LogP contribution in [0.15, 0.2) is 35.0 Å². The van der Waals surface area contributed by atoms with Gasteiger partial charge in [0.1, 0.15) is 29.5 Å². The minimum Gasteiger partial charge on any atom is -0.459 e. The van der Waals surface area contributed by atoms with Crippen molar-refractivity contribution in [1.29, 1.82) is 0 Å². The number of hydrogen-bond donors (Lipinski definition) is 1. The van der Waals surface area contributed by atoms with Crippen molar-refractivity contribution in [2.75, 3.05) is 26.6 Å². The van der Waals surface area contributed by atoms with Crippen molar-refractivity contribution in [3.8, 4) is 0 Å². The Labute approximate surface area is 176 Å². The van der Waals surface area contributed by atoms with Crippen LogP contribution in [0.3, 0.4) is 0 Å². The lowest BCUT2D eigenvalue weighted by atomic mass is 9.78. The van der Waals surface area contributed by atoms with E-state index in [9.17, 15) is 9.90 Å². The number of quaternary nitrogens is 1. The highest BCUT2D eigenvalue weighted by molar-refractivity contribution is 8.00. The summed E-state index contributed by atoms with van der Waals surface area (Å²) in [7, 11) is 4.50. The second-order valence-electron chi connectivity index (χ2n) is 8.38. The standard InChI is InChI=1S/C20H24NO4S3/c1-21(2)14-9-13(10-19(14)15(21)11-24-12-28-19)25-18(22)20(23,16-5-3-7-26-16)17-6-4-8-27-17/h3-8,13-15,23H,9-12H2,1-2H3/q+1. The summed E-state index contributed by atoms with van der Waals surface area (Å²) in [6.45, 7) is 0.769. The van der Waals surface area contributed by atoms with E-state index in [-0.39, 0.29) is 10.9 Å². The monoisotopic (exact) mass is 438 g/mol. The van der Waals surface area contributed by atoms with Crippen LogP contribution in [0, 0.1) is 0 Å². The Morgan fingerprint density at radius 3 is 2.54 bits per heavy atom. The predicted molar refractivity (Wildman–Crippen MR) is 112 cm³/mol. The largest absolute Gasteiger partial charge is 0.459 e. The first-order valence-corrected chi connectivity index (χ1v) is 12.2. The topological polar surface area (TPSA) is 55.8 Å². The number of thioether (sulfide) groups is 1. The quantitative estimate of drug-likeness (QED) is 0.587. The third kappa shape index (κ3) is 2.52. The van der Waals surface area contributed by atoms with E-state index in [0.29, 0.717) is 27.8 Å². The average molecular weight is 439 g/mol. The van der Waals surface area contributed by atoms with Crippen LogP contribution in [-0.2, 0) is 19.9 Å². The Morgan fingerprint density at radius 1 is 1.25 bits per heavy atom. The van der Waals surface area contributed by atoms with Crippen molar-refractivity contribution < 1.29 is 23.9 Å². The highest BCUT2D eigenvalue weighted by Gasteiger charge is 2.74. The lowest BCUT2D eigenvalue weighted by molar-refractivity contribution is -0.986. The fraction of sp³-hybridized carbons (Fsp3) is 0.550. The van der Waals surface area contributed by atoms with Crippen LogP contribution >= 0.6 is 34.4 Å². The van der Waals surface area contributed by atoms with Crippen molar-refractivity contribution >= 4 is 40.4 Å². The summed E-state index contributed by atoms with van der Waals surface area (Å²) in [5, 5.41) is 15.2. The number of ether oxygens (including phenoxy) is 2. The van der Waals surface area contributed by atoms with Crippen LogP contribution in [0.1, 0.15) is 22.6 Å². The summed E-state index contributed by atoms with van der Waals surface area (Å²) in [6.07, 6.45) is 1.51. The molecule has 0 radical (unpaired) electrons. The maximum absolute atomic E-state index is 13.3. The molecule has 1 aliphatic carbocycles. The molecule has 4 unspecified atom stereocenters. The fourth-order valence-corrected chi connectivity index (χ4v) is 8.94. The minimum absolute atomic E-state index is 0.136. The smallest absolute Gasteiger partial charge is 0.349 e. The molecule has 150 valence electrons.